The van der Waals surface area contributed by atoms with Crippen LogP contribution in [0.15, 0.2) is 24.8 Å². The van der Waals surface area contributed by atoms with Crippen LogP contribution in [0.4, 0.5) is 5.69 Å². The third-order valence-electron chi connectivity index (χ3n) is 2.44. The number of hydrogen-bond acceptors (Lipinski definition) is 3. The summed E-state index contributed by atoms with van der Waals surface area (Å²) in [6.45, 7) is 6.02. The fraction of sp³-hybridized carbons (Fsp3) is 0.308. The number of methoxy groups -OCH3 is 1. The first-order valence-electron chi connectivity index (χ1n) is 5.40. The number of anilines is 1. The second-order valence-electron chi connectivity index (χ2n) is 3.79. The molecule has 92 valence electrons. The molecule has 1 rings (SSSR count). The molecular formula is C13H18N2O2. The highest BCUT2D eigenvalue weighted by atomic mass is 16.5. The van der Waals surface area contributed by atoms with Crippen molar-refractivity contribution < 1.29 is 9.53 Å². The van der Waals surface area contributed by atoms with Crippen molar-refractivity contribution >= 4 is 17.2 Å². The zero-order valence-electron chi connectivity index (χ0n) is 10.2. The maximum atomic E-state index is 10.7. The molecule has 0 aliphatic heterocycles. The van der Waals surface area contributed by atoms with E-state index in [2.05, 4.69) is 11.9 Å². The van der Waals surface area contributed by atoms with Crippen molar-refractivity contribution in [2.45, 2.75) is 13.3 Å². The zero-order valence-corrected chi connectivity index (χ0v) is 10.2. The van der Waals surface area contributed by atoms with E-state index in [1.807, 2.05) is 6.07 Å². The molecule has 0 aromatic heterocycles. The lowest BCUT2D eigenvalue weighted by Crippen LogP contribution is -2.21. The molecule has 4 heteroatoms. The highest BCUT2D eigenvalue weighted by molar-refractivity contribution is 5.76. The van der Waals surface area contributed by atoms with Gasteiger partial charge in [-0.15, -0.1) is 0 Å². The lowest BCUT2D eigenvalue weighted by atomic mass is 10.0. The maximum Gasteiger partial charge on any atom is 0.216 e. The Balaban J connectivity index is 2.70. The molecule has 0 heterocycles. The van der Waals surface area contributed by atoms with Crippen LogP contribution in [0.1, 0.15) is 18.9 Å². The fourth-order valence-corrected chi connectivity index (χ4v) is 1.49. The Morgan fingerprint density at radius 2 is 2.24 bits per heavy atom. The van der Waals surface area contributed by atoms with Gasteiger partial charge in [0.1, 0.15) is 5.75 Å². The van der Waals surface area contributed by atoms with Gasteiger partial charge < -0.3 is 15.8 Å². The second kappa shape index (κ2) is 5.94. The molecule has 0 aliphatic rings. The van der Waals surface area contributed by atoms with Crippen LogP contribution in [0.25, 0.3) is 5.57 Å². The molecule has 17 heavy (non-hydrogen) atoms. The molecule has 0 atom stereocenters. The van der Waals surface area contributed by atoms with Crippen LogP contribution in [0.2, 0.25) is 0 Å². The lowest BCUT2D eigenvalue weighted by Gasteiger charge is -2.11. The van der Waals surface area contributed by atoms with Crippen LogP contribution in [0.3, 0.4) is 0 Å². The van der Waals surface area contributed by atoms with E-state index in [9.17, 15) is 4.79 Å². The minimum absolute atomic E-state index is 0.0450. The Kier molecular flexibility index (Phi) is 4.57. The van der Waals surface area contributed by atoms with E-state index in [0.717, 1.165) is 16.9 Å². The molecule has 0 aliphatic carbocycles. The van der Waals surface area contributed by atoms with E-state index in [4.69, 9.17) is 10.5 Å². The number of rotatable bonds is 5. The largest absolute Gasteiger partial charge is 0.497 e. The van der Waals surface area contributed by atoms with E-state index in [1.54, 1.807) is 19.2 Å². The van der Waals surface area contributed by atoms with Gasteiger partial charge in [0.25, 0.3) is 0 Å². The van der Waals surface area contributed by atoms with Crippen LogP contribution in [0, 0.1) is 0 Å². The predicted molar refractivity (Wildman–Crippen MR) is 69.7 cm³/mol. The van der Waals surface area contributed by atoms with Gasteiger partial charge in [-0.1, -0.05) is 6.58 Å². The summed E-state index contributed by atoms with van der Waals surface area (Å²) in [5.41, 5.74) is 8.29. The van der Waals surface area contributed by atoms with Crippen molar-refractivity contribution in [1.82, 2.24) is 5.32 Å². The van der Waals surface area contributed by atoms with Gasteiger partial charge in [-0.05, 0) is 30.2 Å². The summed E-state index contributed by atoms with van der Waals surface area (Å²) >= 11 is 0. The second-order valence-corrected chi connectivity index (χ2v) is 3.79. The molecule has 3 N–H and O–H groups in total. The number of nitrogens with one attached hydrogen (secondary N) is 1. The topological polar surface area (TPSA) is 64.3 Å². The average Bonchev–Trinajstić information content (AvgIpc) is 2.29. The van der Waals surface area contributed by atoms with Crippen molar-refractivity contribution in [3.63, 3.8) is 0 Å². The van der Waals surface area contributed by atoms with Gasteiger partial charge in [-0.25, -0.2) is 0 Å². The first-order valence-corrected chi connectivity index (χ1v) is 5.40. The standard InChI is InChI=1S/C13H18N2O2/c1-9(6-7-15-10(2)16)12-8-11(17-3)4-5-13(12)14/h4-5,8H,1,6-7,14H2,2-3H3,(H,15,16). The molecule has 1 aromatic rings. The highest BCUT2D eigenvalue weighted by Crippen LogP contribution is 2.26. The molecule has 1 aromatic carbocycles. The Morgan fingerprint density at radius 1 is 1.53 bits per heavy atom. The maximum absolute atomic E-state index is 10.7. The minimum atomic E-state index is -0.0450. The van der Waals surface area contributed by atoms with E-state index in [1.165, 1.54) is 6.92 Å². The van der Waals surface area contributed by atoms with Gasteiger partial charge in [0.2, 0.25) is 5.91 Å². The number of carbonyl (C=O) groups is 1. The van der Waals surface area contributed by atoms with Crippen molar-refractivity contribution in [2.75, 3.05) is 19.4 Å². The van der Waals surface area contributed by atoms with Gasteiger partial charge in [0.05, 0.1) is 7.11 Å². The molecule has 0 unspecified atom stereocenters. The van der Waals surface area contributed by atoms with E-state index < -0.39 is 0 Å². The number of benzene rings is 1. The lowest BCUT2D eigenvalue weighted by molar-refractivity contribution is -0.118. The molecule has 0 spiro atoms. The molecular weight excluding hydrogens is 216 g/mol. The number of hydrogen-bond donors (Lipinski definition) is 2. The van der Waals surface area contributed by atoms with Crippen LogP contribution >= 0.6 is 0 Å². The SMILES string of the molecule is C=C(CCNC(C)=O)c1cc(OC)ccc1N. The number of carbonyl (C=O) groups excluding carboxylic acids is 1. The minimum Gasteiger partial charge on any atom is -0.497 e. The van der Waals surface area contributed by atoms with Gasteiger partial charge in [0, 0.05) is 24.7 Å². The average molecular weight is 234 g/mol. The molecule has 0 saturated heterocycles. The summed E-state index contributed by atoms with van der Waals surface area (Å²) in [5.74, 6) is 0.700. The Bertz CT molecular complexity index is 427. The summed E-state index contributed by atoms with van der Waals surface area (Å²) in [7, 11) is 1.61. The third kappa shape index (κ3) is 3.83. The quantitative estimate of drug-likeness (QED) is 0.764. The van der Waals surface area contributed by atoms with Crippen molar-refractivity contribution in [2.24, 2.45) is 0 Å². The molecule has 0 bridgehead atoms. The third-order valence-corrected chi connectivity index (χ3v) is 2.44. The monoisotopic (exact) mass is 234 g/mol. The van der Waals surface area contributed by atoms with Crippen molar-refractivity contribution in [3.8, 4) is 5.75 Å². The van der Waals surface area contributed by atoms with Crippen molar-refractivity contribution in [3.05, 3.63) is 30.3 Å². The normalized spacial score (nSPS) is 9.76. The van der Waals surface area contributed by atoms with Crippen molar-refractivity contribution in [1.29, 1.82) is 0 Å². The van der Waals surface area contributed by atoms with Gasteiger partial charge >= 0.3 is 0 Å². The molecule has 0 saturated carbocycles. The molecule has 4 nitrogen and oxygen atoms in total. The summed E-state index contributed by atoms with van der Waals surface area (Å²) < 4.78 is 5.14. The Morgan fingerprint density at radius 3 is 2.82 bits per heavy atom. The van der Waals surface area contributed by atoms with Gasteiger partial charge in [0.15, 0.2) is 0 Å². The van der Waals surface area contributed by atoms with Gasteiger partial charge in [-0.2, -0.15) is 0 Å². The first-order chi connectivity index (χ1) is 8.04. The van der Waals surface area contributed by atoms with E-state index in [0.29, 0.717) is 18.7 Å². The van der Waals surface area contributed by atoms with Crippen LogP contribution in [-0.2, 0) is 4.79 Å². The smallest absolute Gasteiger partial charge is 0.216 e. The highest BCUT2D eigenvalue weighted by Gasteiger charge is 2.05. The molecule has 1 amide bonds. The number of ether oxygens (including phenoxy) is 1. The Labute approximate surface area is 101 Å². The Hall–Kier alpha value is -1.97. The molecule has 0 fully saturated rings. The molecule has 0 radical (unpaired) electrons. The van der Waals surface area contributed by atoms with Crippen LogP contribution in [-0.4, -0.2) is 19.6 Å². The number of amides is 1. The summed E-state index contributed by atoms with van der Waals surface area (Å²) in [4.78, 5) is 10.7. The summed E-state index contributed by atoms with van der Waals surface area (Å²) in [5, 5.41) is 2.72. The first kappa shape index (κ1) is 13.1. The van der Waals surface area contributed by atoms with Crippen LogP contribution in [0.5, 0.6) is 5.75 Å². The predicted octanol–water partition coefficient (Wildman–Crippen LogP) is 1.82. The fourth-order valence-electron chi connectivity index (χ4n) is 1.49. The van der Waals surface area contributed by atoms with Crippen LogP contribution < -0.4 is 15.8 Å². The zero-order chi connectivity index (χ0) is 12.8. The van der Waals surface area contributed by atoms with E-state index >= 15 is 0 Å². The number of nitrogens with two attached hydrogens (primary N) is 1. The number of nitrogen functional groups attached to an aromatic ring is 1. The van der Waals surface area contributed by atoms with Gasteiger partial charge in [-0.3, -0.25) is 4.79 Å². The summed E-state index contributed by atoms with van der Waals surface area (Å²) in [6.07, 6.45) is 0.664. The summed E-state index contributed by atoms with van der Waals surface area (Å²) in [6, 6.07) is 5.45. The van der Waals surface area contributed by atoms with E-state index in [-0.39, 0.29) is 5.91 Å².